The van der Waals surface area contributed by atoms with Crippen molar-refractivity contribution in [3.05, 3.63) is 35.9 Å². The number of ether oxygens (including phenoxy) is 1. The molecule has 0 aliphatic carbocycles. The van der Waals surface area contributed by atoms with Gasteiger partial charge < -0.3 is 15.2 Å². The first-order valence-corrected chi connectivity index (χ1v) is 6.47. The zero-order valence-electron chi connectivity index (χ0n) is 11.7. The number of hydrogen-bond donors (Lipinski definition) is 2. The van der Waals surface area contributed by atoms with E-state index in [1.807, 2.05) is 0 Å². The van der Waals surface area contributed by atoms with E-state index in [1.54, 1.807) is 37.4 Å². The van der Waals surface area contributed by atoms with Gasteiger partial charge in [0.15, 0.2) is 0 Å². The molecule has 0 saturated carbocycles. The second-order valence-corrected chi connectivity index (χ2v) is 4.72. The summed E-state index contributed by atoms with van der Waals surface area (Å²) >= 11 is 0. The molecule has 0 saturated heterocycles. The van der Waals surface area contributed by atoms with E-state index in [4.69, 9.17) is 0 Å². The van der Waals surface area contributed by atoms with Gasteiger partial charge in [0.25, 0.3) is 0 Å². The van der Waals surface area contributed by atoms with Crippen LogP contribution >= 0.6 is 0 Å². The molecule has 0 aliphatic rings. The molecule has 21 heavy (non-hydrogen) atoms. The summed E-state index contributed by atoms with van der Waals surface area (Å²) in [7, 11) is 1.62. The molecule has 7 heteroatoms. The summed E-state index contributed by atoms with van der Waals surface area (Å²) in [6, 6.07) is 8.92. The number of nitrogens with one attached hydrogen (secondary N) is 1. The van der Waals surface area contributed by atoms with Crippen molar-refractivity contribution in [2.24, 2.45) is 0 Å². The SMILES string of the molecule is CNC(CO)(CCOCC(F)(F)C(F)F)c1ccccc1. The lowest BCUT2D eigenvalue weighted by atomic mass is 9.88. The van der Waals surface area contributed by atoms with Crippen molar-refractivity contribution in [2.45, 2.75) is 24.3 Å². The molecule has 0 fully saturated rings. The summed E-state index contributed by atoms with van der Waals surface area (Å²) in [5, 5.41) is 12.5. The van der Waals surface area contributed by atoms with Crippen LogP contribution in [0.25, 0.3) is 0 Å². The highest BCUT2D eigenvalue weighted by atomic mass is 19.3. The summed E-state index contributed by atoms with van der Waals surface area (Å²) in [6.45, 7) is -1.80. The largest absolute Gasteiger partial charge is 0.394 e. The van der Waals surface area contributed by atoms with Gasteiger partial charge in [-0.3, -0.25) is 0 Å². The summed E-state index contributed by atoms with van der Waals surface area (Å²) in [5.41, 5.74) is -0.0966. The summed E-state index contributed by atoms with van der Waals surface area (Å²) in [6.07, 6.45) is -3.58. The third kappa shape index (κ3) is 4.66. The van der Waals surface area contributed by atoms with Gasteiger partial charge in [0.05, 0.1) is 12.1 Å². The molecule has 0 aromatic heterocycles. The molecule has 2 N–H and O–H groups in total. The predicted molar refractivity (Wildman–Crippen MR) is 70.7 cm³/mol. The molecule has 1 unspecified atom stereocenters. The highest BCUT2D eigenvalue weighted by Crippen LogP contribution is 2.26. The van der Waals surface area contributed by atoms with Crippen molar-refractivity contribution in [1.29, 1.82) is 0 Å². The fourth-order valence-corrected chi connectivity index (χ4v) is 1.94. The van der Waals surface area contributed by atoms with E-state index in [9.17, 15) is 22.7 Å². The standard InChI is InChI=1S/C14H19F4NO2/c1-19-13(9-20,11-5-3-2-4-6-11)7-8-21-10-14(17,18)12(15)16/h2-6,12,19-20H,7-10H2,1H3. The molecule has 1 rings (SSSR count). The van der Waals surface area contributed by atoms with E-state index in [1.165, 1.54) is 0 Å². The summed E-state index contributed by atoms with van der Waals surface area (Å²) < 4.78 is 54.1. The van der Waals surface area contributed by atoms with Crippen LogP contribution < -0.4 is 5.32 Å². The van der Waals surface area contributed by atoms with Gasteiger partial charge in [0.1, 0.15) is 6.61 Å². The van der Waals surface area contributed by atoms with Crippen molar-refractivity contribution in [2.75, 3.05) is 26.9 Å². The molecule has 120 valence electrons. The smallest absolute Gasteiger partial charge is 0.330 e. The molecule has 0 spiro atoms. The van der Waals surface area contributed by atoms with E-state index < -0.39 is 24.5 Å². The third-order valence-corrected chi connectivity index (χ3v) is 3.36. The van der Waals surface area contributed by atoms with Gasteiger partial charge in [-0.25, -0.2) is 8.78 Å². The molecular formula is C14H19F4NO2. The van der Waals surface area contributed by atoms with Crippen LogP contribution in [0.4, 0.5) is 17.6 Å². The first-order chi connectivity index (χ1) is 9.88. The van der Waals surface area contributed by atoms with Crippen molar-refractivity contribution in [3.8, 4) is 0 Å². The Kier molecular flexibility index (Phi) is 6.57. The van der Waals surface area contributed by atoms with Crippen LogP contribution in [0.3, 0.4) is 0 Å². The lowest BCUT2D eigenvalue weighted by Gasteiger charge is -2.32. The van der Waals surface area contributed by atoms with Crippen LogP contribution in [-0.4, -0.2) is 44.3 Å². The topological polar surface area (TPSA) is 41.5 Å². The highest BCUT2D eigenvalue weighted by molar-refractivity contribution is 5.24. The Hall–Kier alpha value is -1.18. The Morgan fingerprint density at radius 3 is 2.33 bits per heavy atom. The molecule has 1 atom stereocenters. The van der Waals surface area contributed by atoms with E-state index in [-0.39, 0.29) is 19.6 Å². The lowest BCUT2D eigenvalue weighted by Crippen LogP contribution is -2.44. The third-order valence-electron chi connectivity index (χ3n) is 3.36. The highest BCUT2D eigenvalue weighted by Gasteiger charge is 2.41. The van der Waals surface area contributed by atoms with Crippen molar-refractivity contribution in [1.82, 2.24) is 5.32 Å². The quantitative estimate of drug-likeness (QED) is 0.544. The van der Waals surface area contributed by atoms with Gasteiger partial charge in [-0.1, -0.05) is 30.3 Å². The number of benzene rings is 1. The molecular weight excluding hydrogens is 290 g/mol. The Balaban J connectivity index is 2.61. The molecule has 3 nitrogen and oxygen atoms in total. The van der Waals surface area contributed by atoms with Crippen LogP contribution in [0.5, 0.6) is 0 Å². The number of aliphatic hydroxyl groups is 1. The van der Waals surface area contributed by atoms with E-state index in [0.29, 0.717) is 0 Å². The van der Waals surface area contributed by atoms with E-state index in [0.717, 1.165) is 5.56 Å². The van der Waals surface area contributed by atoms with Gasteiger partial charge in [-0.05, 0) is 19.0 Å². The van der Waals surface area contributed by atoms with Gasteiger partial charge >= 0.3 is 12.3 Å². The van der Waals surface area contributed by atoms with E-state index in [2.05, 4.69) is 10.1 Å². The minimum Gasteiger partial charge on any atom is -0.394 e. The Bertz CT molecular complexity index is 411. The Morgan fingerprint density at radius 1 is 1.24 bits per heavy atom. The minimum absolute atomic E-state index is 0.170. The van der Waals surface area contributed by atoms with Crippen molar-refractivity contribution >= 4 is 0 Å². The fourth-order valence-electron chi connectivity index (χ4n) is 1.94. The zero-order valence-corrected chi connectivity index (χ0v) is 11.7. The number of rotatable bonds is 9. The number of halogens is 4. The average molecular weight is 309 g/mol. The molecule has 0 radical (unpaired) electrons. The normalized spacial score (nSPS) is 15.2. The van der Waals surface area contributed by atoms with Crippen LogP contribution in [0, 0.1) is 0 Å². The van der Waals surface area contributed by atoms with Gasteiger partial charge in [0, 0.05) is 6.61 Å². The minimum atomic E-state index is -4.16. The fraction of sp³-hybridized carbons (Fsp3) is 0.571. The number of hydrogen-bond acceptors (Lipinski definition) is 3. The molecule has 1 aromatic carbocycles. The average Bonchev–Trinajstić information content (AvgIpc) is 2.49. The second kappa shape index (κ2) is 7.72. The van der Waals surface area contributed by atoms with Crippen LogP contribution in [-0.2, 0) is 10.3 Å². The molecule has 0 aliphatic heterocycles. The maximum atomic E-state index is 12.7. The Labute approximate surface area is 120 Å². The number of aliphatic hydroxyl groups excluding tert-OH is 1. The van der Waals surface area contributed by atoms with Crippen molar-refractivity contribution < 1.29 is 27.4 Å². The maximum Gasteiger partial charge on any atom is 0.330 e. The monoisotopic (exact) mass is 309 g/mol. The van der Waals surface area contributed by atoms with Gasteiger partial charge in [0.2, 0.25) is 0 Å². The number of likely N-dealkylation sites (N-methyl/N-ethyl adjacent to an activating group) is 1. The van der Waals surface area contributed by atoms with Gasteiger partial charge in [-0.15, -0.1) is 0 Å². The molecule has 1 aromatic rings. The summed E-state index contributed by atoms with van der Waals surface area (Å²) in [5.74, 6) is -4.16. The second-order valence-electron chi connectivity index (χ2n) is 4.72. The maximum absolute atomic E-state index is 12.7. The number of alkyl halides is 4. The first-order valence-electron chi connectivity index (χ1n) is 6.47. The summed E-state index contributed by atoms with van der Waals surface area (Å²) in [4.78, 5) is 0. The van der Waals surface area contributed by atoms with Crippen LogP contribution in [0.1, 0.15) is 12.0 Å². The van der Waals surface area contributed by atoms with Crippen LogP contribution in [0.2, 0.25) is 0 Å². The predicted octanol–water partition coefficient (Wildman–Crippen LogP) is 2.40. The molecule has 0 heterocycles. The zero-order chi connectivity index (χ0) is 15.9. The Morgan fingerprint density at radius 2 is 1.86 bits per heavy atom. The molecule has 0 bridgehead atoms. The van der Waals surface area contributed by atoms with E-state index >= 15 is 0 Å². The van der Waals surface area contributed by atoms with Crippen LogP contribution in [0.15, 0.2) is 30.3 Å². The van der Waals surface area contributed by atoms with Gasteiger partial charge in [-0.2, -0.15) is 8.78 Å². The lowest BCUT2D eigenvalue weighted by molar-refractivity contribution is -0.167. The van der Waals surface area contributed by atoms with Crippen molar-refractivity contribution in [3.63, 3.8) is 0 Å². The molecule has 0 amide bonds. The first kappa shape index (κ1) is 17.9.